The summed E-state index contributed by atoms with van der Waals surface area (Å²) in [5.41, 5.74) is 14.0. The summed E-state index contributed by atoms with van der Waals surface area (Å²) in [4.78, 5) is 37.2. The van der Waals surface area contributed by atoms with Crippen LogP contribution < -0.4 is 16.8 Å². The number of ether oxygens (including phenoxy) is 1. The van der Waals surface area contributed by atoms with Crippen LogP contribution >= 0.6 is 0 Å². The summed E-state index contributed by atoms with van der Waals surface area (Å²) in [5.74, 6) is -0.764. The third kappa shape index (κ3) is 4.06. The lowest BCUT2D eigenvalue weighted by Crippen LogP contribution is -2.42. The van der Waals surface area contributed by atoms with Gasteiger partial charge in [0.05, 0.1) is 41.3 Å². The highest BCUT2D eigenvalue weighted by Crippen LogP contribution is 2.27. The van der Waals surface area contributed by atoms with Gasteiger partial charge in [0.15, 0.2) is 5.78 Å². The van der Waals surface area contributed by atoms with E-state index in [0.717, 1.165) is 6.42 Å². The Balaban J connectivity index is 2.01. The highest BCUT2D eigenvalue weighted by atomic mass is 16.5. The zero-order chi connectivity index (χ0) is 21.1. The van der Waals surface area contributed by atoms with E-state index in [0.29, 0.717) is 47.0 Å². The molecule has 0 fully saturated rings. The molecule has 1 aromatic carbocycles. The molecule has 3 rings (SSSR count). The number of aromatic nitrogens is 2. The minimum Gasteiger partial charge on any atom is -0.385 e. The highest BCUT2D eigenvalue weighted by molar-refractivity contribution is 6.02. The SMILES string of the molecule is COCCCNc1cc(-n2nc(C)c3c2CN(C(N)=O)CC3=O)ccc1C(N)=O. The fourth-order valence-corrected chi connectivity index (χ4v) is 3.41. The van der Waals surface area contributed by atoms with E-state index < -0.39 is 11.9 Å². The van der Waals surface area contributed by atoms with Crippen LogP contribution in [0.3, 0.4) is 0 Å². The fourth-order valence-electron chi connectivity index (χ4n) is 3.41. The number of fused-ring (bicyclic) bond motifs is 1. The highest BCUT2D eigenvalue weighted by Gasteiger charge is 2.31. The van der Waals surface area contributed by atoms with E-state index in [2.05, 4.69) is 10.4 Å². The Bertz CT molecular complexity index is 968. The van der Waals surface area contributed by atoms with Gasteiger partial charge in [0.1, 0.15) is 0 Å². The predicted octanol–water partition coefficient (Wildman–Crippen LogP) is 0.805. The molecule has 154 valence electrons. The molecule has 3 amide bonds. The minimum atomic E-state index is -0.668. The first-order valence-electron chi connectivity index (χ1n) is 9.16. The van der Waals surface area contributed by atoms with Crippen molar-refractivity contribution < 1.29 is 19.1 Å². The largest absolute Gasteiger partial charge is 0.385 e. The monoisotopic (exact) mass is 400 g/mol. The number of carbonyl (C=O) groups excluding carboxylic acids is 3. The van der Waals surface area contributed by atoms with Gasteiger partial charge < -0.3 is 26.4 Å². The summed E-state index contributed by atoms with van der Waals surface area (Å²) < 4.78 is 6.63. The molecule has 2 heterocycles. The van der Waals surface area contributed by atoms with E-state index in [4.69, 9.17) is 16.2 Å². The van der Waals surface area contributed by atoms with E-state index >= 15 is 0 Å². The van der Waals surface area contributed by atoms with E-state index in [1.165, 1.54) is 4.90 Å². The second-order valence-corrected chi connectivity index (χ2v) is 6.80. The van der Waals surface area contributed by atoms with Crippen LogP contribution in [0, 0.1) is 6.92 Å². The van der Waals surface area contributed by atoms with Gasteiger partial charge in [-0.25, -0.2) is 9.48 Å². The molecule has 2 aromatic rings. The number of Topliss-reactive ketones (excluding diaryl/α,β-unsaturated/α-hetero) is 1. The number of nitrogens with two attached hydrogens (primary N) is 2. The summed E-state index contributed by atoms with van der Waals surface area (Å²) >= 11 is 0. The fraction of sp³-hybridized carbons (Fsp3) is 0.368. The molecule has 10 heteroatoms. The molecular weight excluding hydrogens is 376 g/mol. The average Bonchev–Trinajstić information content (AvgIpc) is 3.02. The van der Waals surface area contributed by atoms with Crippen LogP contribution in [0.1, 0.15) is 38.5 Å². The lowest BCUT2D eigenvalue weighted by atomic mass is 10.0. The average molecular weight is 400 g/mol. The Morgan fingerprint density at radius 3 is 2.69 bits per heavy atom. The molecule has 29 heavy (non-hydrogen) atoms. The van der Waals surface area contributed by atoms with Gasteiger partial charge in [-0.15, -0.1) is 0 Å². The summed E-state index contributed by atoms with van der Waals surface area (Å²) in [6.07, 6.45) is 0.747. The maximum Gasteiger partial charge on any atom is 0.315 e. The number of hydrogen-bond donors (Lipinski definition) is 3. The number of primary amides is 2. The number of nitrogens with zero attached hydrogens (tertiary/aromatic N) is 3. The van der Waals surface area contributed by atoms with Gasteiger partial charge >= 0.3 is 6.03 Å². The number of carbonyl (C=O) groups is 3. The Morgan fingerprint density at radius 2 is 2.03 bits per heavy atom. The first kappa shape index (κ1) is 20.3. The molecule has 0 aliphatic carbocycles. The third-order valence-corrected chi connectivity index (χ3v) is 4.78. The number of nitrogens with one attached hydrogen (secondary N) is 1. The quantitative estimate of drug-likeness (QED) is 0.586. The van der Waals surface area contributed by atoms with Crippen LogP contribution in [0.4, 0.5) is 10.5 Å². The summed E-state index contributed by atoms with van der Waals surface area (Å²) in [5, 5.41) is 7.67. The first-order chi connectivity index (χ1) is 13.8. The lowest BCUT2D eigenvalue weighted by molar-refractivity contribution is 0.0920. The Morgan fingerprint density at radius 1 is 1.28 bits per heavy atom. The van der Waals surface area contributed by atoms with Gasteiger partial charge in [-0.05, 0) is 31.5 Å². The molecule has 0 atom stereocenters. The van der Waals surface area contributed by atoms with Crippen LogP contribution in [0.2, 0.25) is 0 Å². The smallest absolute Gasteiger partial charge is 0.315 e. The number of urea groups is 1. The molecule has 0 spiro atoms. The Labute approximate surface area is 167 Å². The zero-order valence-electron chi connectivity index (χ0n) is 16.4. The number of methoxy groups -OCH3 is 1. The molecular formula is C19H24N6O4. The molecule has 0 saturated heterocycles. The van der Waals surface area contributed by atoms with E-state index in [1.54, 1.807) is 36.9 Å². The number of rotatable bonds is 7. The molecule has 0 bridgehead atoms. The molecule has 1 aliphatic rings. The standard InChI is InChI=1S/C19H24N6O4/c1-11-17-15(9-24(19(21)28)10-16(17)26)25(23-11)12-4-5-13(18(20)27)14(8-12)22-6-3-7-29-2/h4-5,8,22H,3,6-7,9-10H2,1-2H3,(H2,20,27)(H2,21,28). The molecule has 10 nitrogen and oxygen atoms in total. The summed E-state index contributed by atoms with van der Waals surface area (Å²) in [6.45, 7) is 3.01. The molecule has 1 aromatic heterocycles. The van der Waals surface area contributed by atoms with Crippen molar-refractivity contribution in [3.05, 3.63) is 40.7 Å². The van der Waals surface area contributed by atoms with Crippen molar-refractivity contribution in [3.8, 4) is 5.69 Å². The Kier molecular flexibility index (Phi) is 5.83. The van der Waals surface area contributed by atoms with Gasteiger partial charge in [0.2, 0.25) is 0 Å². The van der Waals surface area contributed by atoms with Gasteiger partial charge in [-0.1, -0.05) is 0 Å². The second kappa shape index (κ2) is 8.31. The molecule has 0 radical (unpaired) electrons. The minimum absolute atomic E-state index is 0.0677. The molecule has 1 aliphatic heterocycles. The van der Waals surface area contributed by atoms with E-state index in [-0.39, 0.29) is 18.9 Å². The molecule has 5 N–H and O–H groups in total. The van der Waals surface area contributed by atoms with Crippen molar-refractivity contribution >= 4 is 23.4 Å². The van der Waals surface area contributed by atoms with Crippen molar-refractivity contribution in [2.75, 3.05) is 32.1 Å². The number of ketones is 1. The zero-order valence-corrected chi connectivity index (χ0v) is 16.4. The van der Waals surface area contributed by atoms with Gasteiger partial charge in [-0.3, -0.25) is 9.59 Å². The van der Waals surface area contributed by atoms with Crippen LogP contribution in [-0.2, 0) is 11.3 Å². The van der Waals surface area contributed by atoms with Crippen LogP contribution in [0.15, 0.2) is 18.2 Å². The van der Waals surface area contributed by atoms with Crippen molar-refractivity contribution in [2.45, 2.75) is 19.9 Å². The Hall–Kier alpha value is -3.40. The van der Waals surface area contributed by atoms with Crippen LogP contribution in [0.25, 0.3) is 5.69 Å². The molecule has 0 saturated carbocycles. The number of benzene rings is 1. The topological polar surface area (TPSA) is 146 Å². The summed E-state index contributed by atoms with van der Waals surface area (Å²) in [7, 11) is 1.62. The maximum absolute atomic E-state index is 12.5. The van der Waals surface area contributed by atoms with Gasteiger partial charge in [-0.2, -0.15) is 5.10 Å². The number of amides is 3. The van der Waals surface area contributed by atoms with Crippen molar-refractivity contribution in [1.82, 2.24) is 14.7 Å². The van der Waals surface area contributed by atoms with E-state index in [9.17, 15) is 14.4 Å². The number of aryl methyl sites for hydroxylation is 1. The normalized spacial score (nSPS) is 13.3. The third-order valence-electron chi connectivity index (χ3n) is 4.78. The van der Waals surface area contributed by atoms with Crippen molar-refractivity contribution in [1.29, 1.82) is 0 Å². The van der Waals surface area contributed by atoms with Gasteiger partial charge in [0.25, 0.3) is 5.91 Å². The summed E-state index contributed by atoms with van der Waals surface area (Å²) in [6, 6.07) is 4.38. The number of hydrogen-bond acceptors (Lipinski definition) is 6. The maximum atomic E-state index is 12.5. The van der Waals surface area contributed by atoms with Gasteiger partial charge in [0, 0.05) is 25.9 Å². The van der Waals surface area contributed by atoms with E-state index in [1.807, 2.05) is 0 Å². The first-order valence-corrected chi connectivity index (χ1v) is 9.16. The second-order valence-electron chi connectivity index (χ2n) is 6.80. The lowest BCUT2D eigenvalue weighted by Gasteiger charge is -2.25. The predicted molar refractivity (Wildman–Crippen MR) is 106 cm³/mol. The number of anilines is 1. The van der Waals surface area contributed by atoms with Crippen LogP contribution in [-0.4, -0.2) is 59.2 Å². The van der Waals surface area contributed by atoms with Crippen LogP contribution in [0.5, 0.6) is 0 Å². The van der Waals surface area contributed by atoms with Crippen molar-refractivity contribution in [3.63, 3.8) is 0 Å². The molecule has 0 unspecified atom stereocenters. The van der Waals surface area contributed by atoms with Crippen molar-refractivity contribution in [2.24, 2.45) is 11.5 Å².